The van der Waals surface area contributed by atoms with Crippen molar-refractivity contribution in [3.8, 4) is 11.5 Å². The number of likely N-dealkylation sites (tertiary alicyclic amines) is 1. The van der Waals surface area contributed by atoms with Crippen molar-refractivity contribution in [2.45, 2.75) is 33.2 Å². The fourth-order valence-corrected chi connectivity index (χ4v) is 3.86. The van der Waals surface area contributed by atoms with Gasteiger partial charge in [0.05, 0.1) is 18.2 Å². The Labute approximate surface area is 183 Å². The van der Waals surface area contributed by atoms with Crippen LogP contribution >= 0.6 is 15.9 Å². The highest BCUT2D eigenvalue weighted by molar-refractivity contribution is 9.10. The maximum Gasteiger partial charge on any atom is 0.295 e. The van der Waals surface area contributed by atoms with Gasteiger partial charge < -0.3 is 19.8 Å². The molecule has 0 radical (unpaired) electrons. The lowest BCUT2D eigenvalue weighted by Crippen LogP contribution is -2.30. The molecule has 0 spiro atoms. The minimum atomic E-state index is -0.770. The van der Waals surface area contributed by atoms with Crippen LogP contribution in [0.3, 0.4) is 0 Å². The summed E-state index contributed by atoms with van der Waals surface area (Å²) in [5.41, 5.74) is 1.96. The number of ketones is 1. The molecule has 6 nitrogen and oxygen atoms in total. The number of ether oxygens (including phenoxy) is 1. The van der Waals surface area contributed by atoms with E-state index in [-0.39, 0.29) is 22.8 Å². The highest BCUT2D eigenvalue weighted by Crippen LogP contribution is 2.42. The van der Waals surface area contributed by atoms with E-state index < -0.39 is 17.7 Å². The third-order valence-electron chi connectivity index (χ3n) is 5.04. The molecule has 1 atom stereocenters. The van der Waals surface area contributed by atoms with E-state index in [4.69, 9.17) is 4.74 Å². The first-order valence-corrected chi connectivity index (χ1v) is 10.6. The molecule has 0 aliphatic carbocycles. The number of carbonyl (C=O) groups is 2. The van der Waals surface area contributed by atoms with Crippen LogP contribution in [0.5, 0.6) is 11.5 Å². The second kappa shape index (κ2) is 8.92. The molecule has 0 saturated carbocycles. The molecule has 1 saturated heterocycles. The Morgan fingerprint density at radius 2 is 1.90 bits per heavy atom. The van der Waals surface area contributed by atoms with Crippen molar-refractivity contribution in [2.75, 3.05) is 13.2 Å². The molecule has 1 aliphatic heterocycles. The van der Waals surface area contributed by atoms with Crippen LogP contribution in [-0.2, 0) is 9.59 Å². The average molecular weight is 474 g/mol. The summed E-state index contributed by atoms with van der Waals surface area (Å²) in [4.78, 5) is 27.1. The largest absolute Gasteiger partial charge is 0.507 e. The molecule has 1 unspecified atom stereocenters. The van der Waals surface area contributed by atoms with Crippen molar-refractivity contribution < 1.29 is 24.5 Å². The fourth-order valence-electron chi connectivity index (χ4n) is 3.62. The number of Topliss-reactive ketones (excluding diaryl/α,β-unsaturated/α-hetero) is 1. The monoisotopic (exact) mass is 473 g/mol. The van der Waals surface area contributed by atoms with Gasteiger partial charge in [-0.3, -0.25) is 9.59 Å². The lowest BCUT2D eigenvalue weighted by molar-refractivity contribution is -0.139. The van der Waals surface area contributed by atoms with Crippen LogP contribution in [-0.4, -0.2) is 40.0 Å². The van der Waals surface area contributed by atoms with Crippen LogP contribution in [0.25, 0.3) is 5.76 Å². The standard InChI is InChI=1S/C23H24BrNO5/c1-4-10-25-20(14-7-9-17(26)18(12-14)30-5-2)19(22(28)23(25)29)21(27)15-6-8-16(24)13(3)11-15/h6-9,11-12,20,26-27H,4-5,10H2,1-3H3/b21-19-. The number of carbonyl (C=O) groups excluding carboxylic acids is 2. The predicted molar refractivity (Wildman–Crippen MR) is 117 cm³/mol. The van der Waals surface area contributed by atoms with E-state index in [2.05, 4.69) is 15.9 Å². The summed E-state index contributed by atoms with van der Waals surface area (Å²) in [5.74, 6) is -1.37. The zero-order valence-electron chi connectivity index (χ0n) is 17.1. The van der Waals surface area contributed by atoms with Gasteiger partial charge in [-0.1, -0.05) is 35.0 Å². The van der Waals surface area contributed by atoms with Gasteiger partial charge in [-0.25, -0.2) is 0 Å². The minimum absolute atomic E-state index is 0.0308. The Morgan fingerprint density at radius 3 is 2.53 bits per heavy atom. The Hall–Kier alpha value is -2.80. The number of hydrogen-bond acceptors (Lipinski definition) is 5. The molecule has 2 aromatic rings. The molecular formula is C23H24BrNO5. The number of aliphatic hydroxyl groups excluding tert-OH is 1. The molecule has 7 heteroatoms. The first-order chi connectivity index (χ1) is 14.3. The molecule has 1 fully saturated rings. The zero-order valence-corrected chi connectivity index (χ0v) is 18.7. The second-order valence-corrected chi connectivity index (χ2v) is 7.97. The molecule has 0 aromatic heterocycles. The number of phenolic OH excluding ortho intramolecular Hbond substituents is 1. The summed E-state index contributed by atoms with van der Waals surface area (Å²) in [6, 6.07) is 9.18. The fraction of sp³-hybridized carbons (Fsp3) is 0.304. The van der Waals surface area contributed by atoms with Crippen LogP contribution in [0.2, 0.25) is 0 Å². The molecular weight excluding hydrogens is 450 g/mol. The van der Waals surface area contributed by atoms with Gasteiger partial charge in [0.2, 0.25) is 0 Å². The number of hydrogen-bond donors (Lipinski definition) is 2. The molecule has 158 valence electrons. The van der Waals surface area contributed by atoms with Gasteiger partial charge >= 0.3 is 0 Å². The Bertz CT molecular complexity index is 1030. The SMILES string of the molecule is CCCN1C(=O)C(=O)/C(=C(\O)c2ccc(Br)c(C)c2)C1c1ccc(O)c(OCC)c1. The van der Waals surface area contributed by atoms with E-state index in [9.17, 15) is 19.8 Å². The van der Waals surface area contributed by atoms with Crippen LogP contribution in [0.1, 0.15) is 43.0 Å². The maximum absolute atomic E-state index is 12.9. The Kier molecular flexibility index (Phi) is 6.51. The van der Waals surface area contributed by atoms with Gasteiger partial charge in [-0.2, -0.15) is 0 Å². The summed E-state index contributed by atoms with van der Waals surface area (Å²) >= 11 is 3.43. The number of benzene rings is 2. The quantitative estimate of drug-likeness (QED) is 0.360. The zero-order chi connectivity index (χ0) is 22.0. The van der Waals surface area contributed by atoms with E-state index in [0.717, 1.165) is 10.0 Å². The summed E-state index contributed by atoms with van der Waals surface area (Å²) in [6.45, 7) is 6.30. The Morgan fingerprint density at radius 1 is 1.17 bits per heavy atom. The van der Waals surface area contributed by atoms with Crippen LogP contribution < -0.4 is 4.74 Å². The average Bonchev–Trinajstić information content (AvgIpc) is 2.96. The van der Waals surface area contributed by atoms with Gasteiger partial charge in [0.1, 0.15) is 5.76 Å². The van der Waals surface area contributed by atoms with Crippen LogP contribution in [0, 0.1) is 6.92 Å². The van der Waals surface area contributed by atoms with Crippen molar-refractivity contribution in [3.05, 3.63) is 63.1 Å². The van der Waals surface area contributed by atoms with Crippen molar-refractivity contribution in [3.63, 3.8) is 0 Å². The number of nitrogens with zero attached hydrogens (tertiary/aromatic N) is 1. The predicted octanol–water partition coefficient (Wildman–Crippen LogP) is 4.69. The smallest absolute Gasteiger partial charge is 0.295 e. The summed E-state index contributed by atoms with van der Waals surface area (Å²) < 4.78 is 6.35. The molecule has 2 aromatic carbocycles. The third kappa shape index (κ3) is 3.94. The van der Waals surface area contributed by atoms with Crippen LogP contribution in [0.4, 0.5) is 0 Å². The number of aliphatic hydroxyl groups is 1. The lowest BCUT2D eigenvalue weighted by Gasteiger charge is -2.25. The first kappa shape index (κ1) is 21.9. The van der Waals surface area contributed by atoms with Crippen molar-refractivity contribution >= 4 is 33.4 Å². The number of halogens is 1. The summed E-state index contributed by atoms with van der Waals surface area (Å²) in [5, 5.41) is 21.1. The first-order valence-electron chi connectivity index (χ1n) is 9.80. The van der Waals surface area contributed by atoms with Gasteiger partial charge in [-0.15, -0.1) is 0 Å². The van der Waals surface area contributed by atoms with E-state index >= 15 is 0 Å². The Balaban J connectivity index is 2.21. The highest BCUT2D eigenvalue weighted by Gasteiger charge is 2.45. The van der Waals surface area contributed by atoms with Crippen molar-refractivity contribution in [1.82, 2.24) is 4.90 Å². The topological polar surface area (TPSA) is 87.1 Å². The molecule has 30 heavy (non-hydrogen) atoms. The maximum atomic E-state index is 12.9. The minimum Gasteiger partial charge on any atom is -0.507 e. The molecule has 1 aliphatic rings. The normalized spacial score (nSPS) is 18.1. The lowest BCUT2D eigenvalue weighted by atomic mass is 9.94. The number of phenols is 1. The molecule has 0 bridgehead atoms. The van der Waals surface area contributed by atoms with Crippen molar-refractivity contribution in [1.29, 1.82) is 0 Å². The number of aromatic hydroxyl groups is 1. The van der Waals surface area contributed by atoms with Crippen molar-refractivity contribution in [2.24, 2.45) is 0 Å². The number of amides is 1. The van der Waals surface area contributed by atoms with Gasteiger partial charge in [-0.05, 0) is 55.7 Å². The number of rotatable bonds is 6. The molecule has 2 N–H and O–H groups in total. The number of aryl methyl sites for hydroxylation is 1. The summed E-state index contributed by atoms with van der Waals surface area (Å²) in [7, 11) is 0. The summed E-state index contributed by atoms with van der Waals surface area (Å²) in [6.07, 6.45) is 0.650. The molecule has 1 amide bonds. The van der Waals surface area contributed by atoms with E-state index in [0.29, 0.717) is 30.7 Å². The van der Waals surface area contributed by atoms with E-state index in [1.807, 2.05) is 13.8 Å². The van der Waals surface area contributed by atoms with Gasteiger partial charge in [0.15, 0.2) is 11.5 Å². The van der Waals surface area contributed by atoms with Crippen LogP contribution in [0.15, 0.2) is 46.4 Å². The van der Waals surface area contributed by atoms with Gasteiger partial charge in [0.25, 0.3) is 11.7 Å². The van der Waals surface area contributed by atoms with E-state index in [1.165, 1.54) is 11.0 Å². The molecule has 1 heterocycles. The third-order valence-corrected chi connectivity index (χ3v) is 5.93. The second-order valence-electron chi connectivity index (χ2n) is 7.12. The highest BCUT2D eigenvalue weighted by atomic mass is 79.9. The van der Waals surface area contributed by atoms with E-state index in [1.54, 1.807) is 37.3 Å². The van der Waals surface area contributed by atoms with Gasteiger partial charge in [0, 0.05) is 16.6 Å². The molecule has 3 rings (SSSR count).